The zero-order chi connectivity index (χ0) is 18.2. The molecule has 0 radical (unpaired) electrons. The summed E-state index contributed by atoms with van der Waals surface area (Å²) in [5.74, 6) is -1.10. The van der Waals surface area contributed by atoms with Crippen molar-refractivity contribution in [2.24, 2.45) is 0 Å². The van der Waals surface area contributed by atoms with E-state index in [1.54, 1.807) is 32.9 Å². The Morgan fingerprint density at radius 3 is 1.68 bits per heavy atom. The first-order chi connectivity index (χ1) is 11.8. The van der Waals surface area contributed by atoms with Crippen LogP contribution in [0.4, 0.5) is 0 Å². The fourth-order valence-electron chi connectivity index (χ4n) is 2.77. The van der Waals surface area contributed by atoms with E-state index in [9.17, 15) is 9.59 Å². The molecule has 25 heavy (non-hydrogen) atoms. The molecule has 0 aromatic heterocycles. The molecular formula is C21H20O4. The van der Waals surface area contributed by atoms with Gasteiger partial charge in [0.1, 0.15) is 5.60 Å². The van der Waals surface area contributed by atoms with Crippen LogP contribution in [-0.4, -0.2) is 24.6 Å². The van der Waals surface area contributed by atoms with Crippen LogP contribution >= 0.6 is 0 Å². The van der Waals surface area contributed by atoms with Crippen LogP contribution in [0, 0.1) is 0 Å². The molecule has 0 saturated carbocycles. The highest BCUT2D eigenvalue weighted by Crippen LogP contribution is 2.27. The maximum Gasteiger partial charge on any atom is 0.339 e. The summed E-state index contributed by atoms with van der Waals surface area (Å²) >= 11 is 0. The van der Waals surface area contributed by atoms with Gasteiger partial charge in [0.2, 0.25) is 0 Å². The van der Waals surface area contributed by atoms with Crippen molar-refractivity contribution in [1.82, 2.24) is 0 Å². The minimum absolute atomic E-state index is 0.208. The Balaban J connectivity index is 2.23. The van der Waals surface area contributed by atoms with Gasteiger partial charge in [0.15, 0.2) is 0 Å². The quantitative estimate of drug-likeness (QED) is 0.501. The third-order valence-electron chi connectivity index (χ3n) is 3.87. The van der Waals surface area contributed by atoms with Crippen LogP contribution in [0.2, 0.25) is 0 Å². The van der Waals surface area contributed by atoms with Crippen LogP contribution < -0.4 is 0 Å². The number of carbonyl (C=O) groups is 2. The molecule has 128 valence electrons. The van der Waals surface area contributed by atoms with E-state index < -0.39 is 17.5 Å². The molecule has 3 aromatic carbocycles. The molecule has 0 amide bonds. The summed E-state index contributed by atoms with van der Waals surface area (Å²) in [7, 11) is 1.30. The zero-order valence-electron chi connectivity index (χ0n) is 14.8. The van der Waals surface area contributed by atoms with Gasteiger partial charge in [-0.25, -0.2) is 9.59 Å². The van der Waals surface area contributed by atoms with E-state index in [1.807, 2.05) is 36.4 Å². The number of fused-ring (bicyclic) bond motifs is 2. The lowest BCUT2D eigenvalue weighted by molar-refractivity contribution is 0.00654. The van der Waals surface area contributed by atoms with E-state index in [2.05, 4.69) is 0 Å². The van der Waals surface area contributed by atoms with Gasteiger partial charge in [-0.3, -0.25) is 0 Å². The van der Waals surface area contributed by atoms with Crippen molar-refractivity contribution < 1.29 is 19.1 Å². The largest absolute Gasteiger partial charge is 0.465 e. The number of hydrogen-bond donors (Lipinski definition) is 0. The highest BCUT2D eigenvalue weighted by atomic mass is 16.6. The van der Waals surface area contributed by atoms with E-state index in [0.29, 0.717) is 0 Å². The van der Waals surface area contributed by atoms with E-state index in [4.69, 9.17) is 9.47 Å². The van der Waals surface area contributed by atoms with Crippen LogP contribution in [-0.2, 0) is 9.47 Å². The fraction of sp³-hybridized carbons (Fsp3) is 0.238. The molecule has 0 heterocycles. The smallest absolute Gasteiger partial charge is 0.339 e. The first-order valence-corrected chi connectivity index (χ1v) is 8.07. The predicted molar refractivity (Wildman–Crippen MR) is 98.0 cm³/mol. The second-order valence-electron chi connectivity index (χ2n) is 6.94. The van der Waals surface area contributed by atoms with Crippen molar-refractivity contribution in [3.8, 4) is 0 Å². The Kier molecular flexibility index (Phi) is 4.21. The lowest BCUT2D eigenvalue weighted by atomic mass is 9.97. The standard InChI is InChI=1S/C21H20O4/c1-21(2,3)25-20(23)18-12-16-10-14-8-6-5-7-13(14)9-15(16)11-17(18)19(22)24-4/h5-12H,1-4H3. The summed E-state index contributed by atoms with van der Waals surface area (Å²) in [6, 6.07) is 15.3. The summed E-state index contributed by atoms with van der Waals surface area (Å²) in [5.41, 5.74) is -0.230. The number of benzene rings is 3. The minimum atomic E-state index is -0.650. The molecule has 0 aliphatic carbocycles. The van der Waals surface area contributed by atoms with Crippen LogP contribution in [0.5, 0.6) is 0 Å². The molecule has 0 bridgehead atoms. The molecule has 3 rings (SSSR count). The molecule has 0 aliphatic heterocycles. The minimum Gasteiger partial charge on any atom is -0.465 e. The summed E-state index contributed by atoms with van der Waals surface area (Å²) < 4.78 is 10.3. The van der Waals surface area contributed by atoms with E-state index >= 15 is 0 Å². The van der Waals surface area contributed by atoms with Crippen LogP contribution in [0.1, 0.15) is 41.5 Å². The predicted octanol–water partition coefficient (Wildman–Crippen LogP) is 4.73. The zero-order valence-corrected chi connectivity index (χ0v) is 14.8. The first kappa shape index (κ1) is 17.0. The Bertz CT molecular complexity index is 980. The highest BCUT2D eigenvalue weighted by Gasteiger charge is 2.24. The van der Waals surface area contributed by atoms with Crippen molar-refractivity contribution in [2.75, 3.05) is 7.11 Å². The molecule has 0 atom stereocenters. The lowest BCUT2D eigenvalue weighted by Gasteiger charge is -2.20. The SMILES string of the molecule is COC(=O)c1cc2cc3ccccc3cc2cc1C(=O)OC(C)(C)C. The van der Waals surface area contributed by atoms with Crippen molar-refractivity contribution in [3.05, 3.63) is 59.7 Å². The fourth-order valence-corrected chi connectivity index (χ4v) is 2.77. The van der Waals surface area contributed by atoms with Gasteiger partial charge in [0.05, 0.1) is 18.2 Å². The summed E-state index contributed by atoms with van der Waals surface area (Å²) in [4.78, 5) is 24.8. The Morgan fingerprint density at radius 2 is 1.24 bits per heavy atom. The Morgan fingerprint density at radius 1 is 0.760 bits per heavy atom. The summed E-state index contributed by atoms with van der Waals surface area (Å²) in [6.07, 6.45) is 0. The monoisotopic (exact) mass is 336 g/mol. The van der Waals surface area contributed by atoms with Crippen LogP contribution in [0.3, 0.4) is 0 Å². The summed E-state index contributed by atoms with van der Waals surface area (Å²) in [6.45, 7) is 5.37. The maximum absolute atomic E-state index is 12.6. The Hall–Kier alpha value is -2.88. The van der Waals surface area contributed by atoms with Crippen molar-refractivity contribution in [3.63, 3.8) is 0 Å². The van der Waals surface area contributed by atoms with Gasteiger partial charge in [0.25, 0.3) is 0 Å². The van der Waals surface area contributed by atoms with Gasteiger partial charge in [-0.15, -0.1) is 0 Å². The number of esters is 2. The second-order valence-corrected chi connectivity index (χ2v) is 6.94. The molecule has 3 aromatic rings. The second kappa shape index (κ2) is 6.20. The lowest BCUT2D eigenvalue weighted by Crippen LogP contribution is -2.25. The van der Waals surface area contributed by atoms with E-state index in [-0.39, 0.29) is 11.1 Å². The third-order valence-corrected chi connectivity index (χ3v) is 3.87. The number of rotatable bonds is 2. The average Bonchev–Trinajstić information content (AvgIpc) is 2.56. The van der Waals surface area contributed by atoms with Gasteiger partial charge in [-0.05, 0) is 66.6 Å². The van der Waals surface area contributed by atoms with E-state index in [1.165, 1.54) is 7.11 Å². The molecule has 0 aliphatic rings. The topological polar surface area (TPSA) is 52.6 Å². The molecule has 0 fully saturated rings. The van der Waals surface area contributed by atoms with Crippen LogP contribution in [0.25, 0.3) is 21.5 Å². The number of ether oxygens (including phenoxy) is 2. The third kappa shape index (κ3) is 3.48. The number of carbonyl (C=O) groups excluding carboxylic acids is 2. The van der Waals surface area contributed by atoms with Crippen molar-refractivity contribution in [2.45, 2.75) is 26.4 Å². The Labute approximate surface area is 146 Å². The molecule has 0 N–H and O–H groups in total. The van der Waals surface area contributed by atoms with Crippen molar-refractivity contribution >= 4 is 33.5 Å². The molecule has 0 unspecified atom stereocenters. The molecule has 4 heteroatoms. The van der Waals surface area contributed by atoms with Gasteiger partial charge >= 0.3 is 11.9 Å². The van der Waals surface area contributed by atoms with Crippen molar-refractivity contribution in [1.29, 1.82) is 0 Å². The number of hydrogen-bond acceptors (Lipinski definition) is 4. The van der Waals surface area contributed by atoms with E-state index in [0.717, 1.165) is 21.5 Å². The molecule has 0 spiro atoms. The van der Waals surface area contributed by atoms with Crippen LogP contribution in [0.15, 0.2) is 48.5 Å². The number of methoxy groups -OCH3 is 1. The normalized spacial score (nSPS) is 11.5. The first-order valence-electron chi connectivity index (χ1n) is 8.07. The molecule has 0 saturated heterocycles. The molecule has 4 nitrogen and oxygen atoms in total. The van der Waals surface area contributed by atoms with Gasteiger partial charge in [0, 0.05) is 0 Å². The van der Waals surface area contributed by atoms with Gasteiger partial charge in [-0.1, -0.05) is 24.3 Å². The van der Waals surface area contributed by atoms with Gasteiger partial charge in [-0.2, -0.15) is 0 Å². The summed E-state index contributed by atoms with van der Waals surface area (Å²) in [5, 5.41) is 3.87. The maximum atomic E-state index is 12.6. The highest BCUT2D eigenvalue weighted by molar-refractivity contribution is 6.09. The molecular weight excluding hydrogens is 316 g/mol. The van der Waals surface area contributed by atoms with Gasteiger partial charge < -0.3 is 9.47 Å². The average molecular weight is 336 g/mol.